The molecular weight excluding hydrogens is 797 g/mol. The third kappa shape index (κ3) is 28.3. The SMILES string of the molecule is CCCCC(Cl)(CC)C(=O)O.CCCCC(Cl)(CC)C(=O)O.CCCCC(Cl)(CC)C(=O)O.CCCCC(Cl)(CC)C(=O)O.[CH3][Sn][CH3]. The molecule has 0 aromatic rings. The predicted octanol–water partition coefficient (Wildman–Crippen LogP) is 11.4. The fourth-order valence-electron chi connectivity index (χ4n) is 3.57. The Bertz CT molecular complexity index is 695. The van der Waals surface area contributed by atoms with Crippen molar-refractivity contribution in [2.45, 2.75) is 187 Å². The molecule has 2 radical (unpaired) electrons. The first kappa shape index (κ1) is 56.2. The fraction of sp³-hybridized carbons (Fsp3) is 0.882. The molecule has 4 N–H and O–H groups in total. The Balaban J connectivity index is -0.000000162. The van der Waals surface area contributed by atoms with Crippen LogP contribution in [0.3, 0.4) is 0 Å². The van der Waals surface area contributed by atoms with Gasteiger partial charge in [-0.2, -0.15) is 0 Å². The molecule has 0 bridgehead atoms. The molecule has 0 rings (SSSR count). The number of unbranched alkanes of at least 4 members (excludes halogenated alkanes) is 4. The number of hydrogen-bond acceptors (Lipinski definition) is 4. The van der Waals surface area contributed by atoms with E-state index in [1.807, 2.05) is 27.7 Å². The number of hydrogen-bond donors (Lipinski definition) is 4. The van der Waals surface area contributed by atoms with Crippen molar-refractivity contribution in [1.82, 2.24) is 0 Å². The Hall–Kier alpha value is -0.161. The Kier molecular flexibility index (Phi) is 39.5. The van der Waals surface area contributed by atoms with Crippen molar-refractivity contribution in [3.63, 3.8) is 0 Å². The number of carbonyl (C=O) groups is 4. The van der Waals surface area contributed by atoms with Gasteiger partial charge in [0.25, 0.3) is 0 Å². The summed E-state index contributed by atoms with van der Waals surface area (Å²) in [6.45, 7) is 15.3. The van der Waals surface area contributed by atoms with E-state index in [9.17, 15) is 19.2 Å². The number of aliphatic carboxylic acids is 4. The number of rotatable bonds is 20. The first-order valence-electron chi connectivity index (χ1n) is 17.0. The Morgan fingerprint density at radius 2 is 0.553 bits per heavy atom. The van der Waals surface area contributed by atoms with Crippen LogP contribution in [-0.4, -0.2) is 84.9 Å². The summed E-state index contributed by atoms with van der Waals surface area (Å²) in [6.07, 6.45) is 11.7. The van der Waals surface area contributed by atoms with Gasteiger partial charge in [0.2, 0.25) is 0 Å². The molecule has 0 fully saturated rings. The summed E-state index contributed by atoms with van der Waals surface area (Å²) in [5.41, 5.74) is 0. The van der Waals surface area contributed by atoms with Crippen LogP contribution in [0.25, 0.3) is 0 Å². The molecule has 282 valence electrons. The van der Waals surface area contributed by atoms with Crippen molar-refractivity contribution in [3.8, 4) is 0 Å². The van der Waals surface area contributed by atoms with Crippen molar-refractivity contribution >= 4 is 91.4 Å². The molecule has 0 aromatic heterocycles. The Morgan fingerprint density at radius 1 is 0.426 bits per heavy atom. The van der Waals surface area contributed by atoms with Crippen molar-refractivity contribution in [1.29, 1.82) is 0 Å². The summed E-state index contributed by atoms with van der Waals surface area (Å²) < 4.78 is 0. The second kappa shape index (κ2) is 33.0. The topological polar surface area (TPSA) is 149 Å². The van der Waals surface area contributed by atoms with Crippen LogP contribution in [0, 0.1) is 0 Å². The van der Waals surface area contributed by atoms with E-state index in [2.05, 4.69) is 9.88 Å². The normalized spacial score (nSPS) is 15.3. The molecule has 0 aromatic carbocycles. The molecule has 0 heterocycles. The van der Waals surface area contributed by atoms with Gasteiger partial charge < -0.3 is 20.4 Å². The zero-order chi connectivity index (χ0) is 38.3. The van der Waals surface area contributed by atoms with Crippen LogP contribution in [0.15, 0.2) is 0 Å². The molecule has 0 aliphatic heterocycles. The van der Waals surface area contributed by atoms with Crippen molar-refractivity contribution in [2.24, 2.45) is 0 Å². The number of alkyl halides is 4. The van der Waals surface area contributed by atoms with Gasteiger partial charge in [-0.05, 0) is 51.4 Å². The van der Waals surface area contributed by atoms with Crippen LogP contribution in [0.4, 0.5) is 0 Å². The molecule has 0 saturated carbocycles. The molecule has 4 atom stereocenters. The van der Waals surface area contributed by atoms with Crippen LogP contribution in [0.1, 0.15) is 158 Å². The maximum absolute atomic E-state index is 10.6. The van der Waals surface area contributed by atoms with Crippen molar-refractivity contribution in [3.05, 3.63) is 0 Å². The Labute approximate surface area is 316 Å². The van der Waals surface area contributed by atoms with Gasteiger partial charge in [0, 0.05) is 0 Å². The number of halogens is 4. The van der Waals surface area contributed by atoms with E-state index in [1.165, 1.54) is 0 Å². The second-order valence-corrected chi connectivity index (χ2v) is 17.2. The summed E-state index contributed by atoms with van der Waals surface area (Å²) in [4.78, 5) is 43.0. The zero-order valence-corrected chi connectivity index (χ0v) is 36.6. The van der Waals surface area contributed by atoms with Crippen molar-refractivity contribution in [2.75, 3.05) is 0 Å². The van der Waals surface area contributed by atoms with E-state index in [1.54, 1.807) is 27.7 Å². The van der Waals surface area contributed by atoms with E-state index in [-0.39, 0.29) is 21.1 Å². The molecule has 13 heteroatoms. The average Bonchev–Trinajstić information content (AvgIpc) is 3.04. The van der Waals surface area contributed by atoms with Gasteiger partial charge in [0.1, 0.15) is 19.5 Å². The van der Waals surface area contributed by atoms with Gasteiger partial charge in [-0.1, -0.05) is 107 Å². The molecule has 0 amide bonds. The van der Waals surface area contributed by atoms with E-state index in [4.69, 9.17) is 66.8 Å². The van der Waals surface area contributed by atoms with E-state index in [0.717, 1.165) is 51.4 Å². The first-order valence-corrected chi connectivity index (χ1v) is 24.2. The van der Waals surface area contributed by atoms with E-state index < -0.39 is 43.4 Å². The summed E-state index contributed by atoms with van der Waals surface area (Å²) in [7, 11) is 0. The molecular formula is C34H66Cl4O8Sn. The maximum atomic E-state index is 10.6. The summed E-state index contributed by atoms with van der Waals surface area (Å²) >= 11 is 23.6. The van der Waals surface area contributed by atoms with Gasteiger partial charge in [-0.25, -0.2) is 0 Å². The monoisotopic (exact) mass is 862 g/mol. The van der Waals surface area contributed by atoms with Crippen LogP contribution >= 0.6 is 46.4 Å². The standard InChI is InChI=1S/4C8H15ClO2.2CH3.Sn/c4*1-3-5-6-8(9,4-2)7(10)11;;;/h4*3-6H2,1-2H3,(H,10,11);2*1H3;. The summed E-state index contributed by atoms with van der Waals surface area (Å²) in [5.74, 6) is -3.57. The number of carboxylic acids is 4. The van der Waals surface area contributed by atoms with E-state index in [0.29, 0.717) is 51.4 Å². The third-order valence-electron chi connectivity index (χ3n) is 7.48. The fourth-order valence-corrected chi connectivity index (χ4v) is 4.10. The molecule has 0 aliphatic rings. The molecule has 0 saturated heterocycles. The molecule has 0 aliphatic carbocycles. The van der Waals surface area contributed by atoms with Gasteiger partial charge >= 0.3 is 54.9 Å². The zero-order valence-electron chi connectivity index (χ0n) is 30.7. The quantitative estimate of drug-likeness (QED) is 0.0698. The average molecular weight is 863 g/mol. The van der Waals surface area contributed by atoms with Crippen LogP contribution in [0.5, 0.6) is 0 Å². The molecule has 47 heavy (non-hydrogen) atoms. The summed E-state index contributed by atoms with van der Waals surface area (Å²) in [6, 6.07) is 0. The number of carboxylic acid groups (broad SMARTS) is 4. The first-order chi connectivity index (χ1) is 21.7. The van der Waals surface area contributed by atoms with Crippen LogP contribution in [-0.2, 0) is 19.2 Å². The van der Waals surface area contributed by atoms with Gasteiger partial charge in [-0.3, -0.25) is 19.2 Å². The molecule has 8 nitrogen and oxygen atoms in total. The second-order valence-electron chi connectivity index (χ2n) is 11.4. The predicted molar refractivity (Wildman–Crippen MR) is 202 cm³/mol. The van der Waals surface area contributed by atoms with Crippen LogP contribution in [0.2, 0.25) is 9.88 Å². The van der Waals surface area contributed by atoms with Gasteiger partial charge in [0.05, 0.1) is 0 Å². The molecule has 4 unspecified atom stereocenters. The minimum atomic E-state index is -1.02. The van der Waals surface area contributed by atoms with Crippen molar-refractivity contribution < 1.29 is 39.6 Å². The summed E-state index contributed by atoms with van der Waals surface area (Å²) in [5, 5.41) is 34.9. The third-order valence-corrected chi connectivity index (χ3v) is 9.95. The Morgan fingerprint density at radius 3 is 0.617 bits per heavy atom. The van der Waals surface area contributed by atoms with E-state index >= 15 is 0 Å². The van der Waals surface area contributed by atoms with Gasteiger partial charge in [0.15, 0.2) is 0 Å². The van der Waals surface area contributed by atoms with Gasteiger partial charge in [-0.15, -0.1) is 46.4 Å². The minimum absolute atomic E-state index is 0.230. The molecule has 0 spiro atoms. The van der Waals surface area contributed by atoms with Crippen LogP contribution < -0.4 is 0 Å².